The van der Waals surface area contributed by atoms with Crippen molar-refractivity contribution in [1.29, 1.82) is 0 Å². The Labute approximate surface area is 265 Å². The van der Waals surface area contributed by atoms with Crippen molar-refractivity contribution >= 4 is 17.7 Å². The molecule has 0 aliphatic heterocycles. The van der Waals surface area contributed by atoms with Crippen molar-refractivity contribution in [1.82, 2.24) is 15.1 Å². The second kappa shape index (κ2) is 13.8. The highest BCUT2D eigenvalue weighted by Crippen LogP contribution is 2.34. The van der Waals surface area contributed by atoms with Gasteiger partial charge in [0, 0.05) is 24.9 Å². The fourth-order valence-corrected chi connectivity index (χ4v) is 4.91. The minimum absolute atomic E-state index is 0.0514. The maximum absolute atomic E-state index is 13.8. The maximum Gasteiger partial charge on any atom is 0.435 e. The number of rotatable bonds is 11. The molecule has 0 bridgehead atoms. The van der Waals surface area contributed by atoms with E-state index in [0.29, 0.717) is 23.8 Å². The fourth-order valence-electron chi connectivity index (χ4n) is 4.91. The third kappa shape index (κ3) is 8.97. The second-order valence-electron chi connectivity index (χ2n) is 12.3. The molecule has 2 amide bonds. The number of alkyl halides is 3. The van der Waals surface area contributed by atoms with Crippen LogP contribution in [0.15, 0.2) is 84.9 Å². The zero-order chi connectivity index (χ0) is 32.9. The van der Waals surface area contributed by atoms with Gasteiger partial charge in [0.15, 0.2) is 5.69 Å². The third-order valence-electron chi connectivity index (χ3n) is 7.28. The summed E-state index contributed by atoms with van der Waals surface area (Å²) in [5.74, 6) is -0.0706. The molecule has 4 aromatic rings. The summed E-state index contributed by atoms with van der Waals surface area (Å²) in [6.45, 7) is 5.84. The van der Waals surface area contributed by atoms with Gasteiger partial charge in [0.2, 0.25) is 0 Å². The van der Waals surface area contributed by atoms with Crippen LogP contribution < -0.4 is 10.6 Å². The number of hydrogen-bond acceptors (Lipinski definition) is 5. The molecule has 1 saturated carbocycles. The van der Waals surface area contributed by atoms with Crippen LogP contribution in [0.25, 0.3) is 5.69 Å². The molecule has 1 aliphatic carbocycles. The van der Waals surface area contributed by atoms with E-state index >= 15 is 0 Å². The standard InChI is InChI=1S/C35H37F3N4O4/c1-34(2,3)46-33(44)39-22-24-9-7-14-28(19-24)42-29(21-30(41-42)35(36,37)38)32(43)40-27-13-8-12-26(20-27)31(25-10-5-4-6-11-25)45-18-17-23-15-16-23/h4-14,19-21,23,31H,15-18,22H2,1-3H3,(H,39,44)(H,40,43). The molecule has 1 fully saturated rings. The molecule has 46 heavy (non-hydrogen) atoms. The molecule has 1 atom stereocenters. The van der Waals surface area contributed by atoms with Gasteiger partial charge in [0.25, 0.3) is 5.91 Å². The number of benzene rings is 3. The van der Waals surface area contributed by atoms with Crippen LogP contribution in [0.4, 0.5) is 23.7 Å². The van der Waals surface area contributed by atoms with E-state index < -0.39 is 29.5 Å². The smallest absolute Gasteiger partial charge is 0.435 e. The number of alkyl carbamates (subject to hydrolysis) is 1. The summed E-state index contributed by atoms with van der Waals surface area (Å²) in [5.41, 5.74) is 0.719. The first kappa shape index (κ1) is 32.7. The van der Waals surface area contributed by atoms with E-state index in [1.807, 2.05) is 36.4 Å². The third-order valence-corrected chi connectivity index (χ3v) is 7.28. The Kier molecular flexibility index (Phi) is 9.81. The van der Waals surface area contributed by atoms with Crippen LogP contribution in [0, 0.1) is 5.92 Å². The van der Waals surface area contributed by atoms with Crippen molar-refractivity contribution < 1.29 is 32.2 Å². The summed E-state index contributed by atoms with van der Waals surface area (Å²) < 4.78 is 53.9. The maximum atomic E-state index is 13.8. The van der Waals surface area contributed by atoms with Crippen molar-refractivity contribution in [2.45, 2.75) is 64.5 Å². The van der Waals surface area contributed by atoms with Gasteiger partial charge < -0.3 is 20.1 Å². The minimum atomic E-state index is -4.78. The SMILES string of the molecule is CC(C)(C)OC(=O)NCc1cccc(-n2nc(C(F)(F)F)cc2C(=O)Nc2cccc(C(OCCC3CC3)c3ccccc3)c2)c1. The summed E-state index contributed by atoms with van der Waals surface area (Å²) in [6, 6.07) is 23.9. The molecule has 1 aromatic heterocycles. The number of amides is 2. The van der Waals surface area contributed by atoms with Crippen molar-refractivity contribution in [3.05, 3.63) is 113 Å². The van der Waals surface area contributed by atoms with Crippen LogP contribution in [0.5, 0.6) is 0 Å². The monoisotopic (exact) mass is 634 g/mol. The van der Waals surface area contributed by atoms with Crippen molar-refractivity contribution in [3.63, 3.8) is 0 Å². The zero-order valence-corrected chi connectivity index (χ0v) is 25.9. The lowest BCUT2D eigenvalue weighted by Gasteiger charge is -2.20. The van der Waals surface area contributed by atoms with Gasteiger partial charge in [0.05, 0.1) is 5.69 Å². The average molecular weight is 635 g/mol. The summed E-state index contributed by atoms with van der Waals surface area (Å²) in [7, 11) is 0. The van der Waals surface area contributed by atoms with Crippen molar-refractivity contribution in [3.8, 4) is 5.69 Å². The largest absolute Gasteiger partial charge is 0.444 e. The van der Waals surface area contributed by atoms with E-state index in [1.54, 1.807) is 57.2 Å². The molecule has 3 aromatic carbocycles. The van der Waals surface area contributed by atoms with E-state index in [9.17, 15) is 22.8 Å². The highest BCUT2D eigenvalue weighted by Gasteiger charge is 2.36. The molecule has 1 unspecified atom stereocenters. The summed E-state index contributed by atoms with van der Waals surface area (Å²) in [5, 5.41) is 9.10. The lowest BCUT2D eigenvalue weighted by molar-refractivity contribution is -0.141. The number of halogens is 3. The Balaban J connectivity index is 1.38. The number of ether oxygens (including phenoxy) is 2. The van der Waals surface area contributed by atoms with E-state index in [4.69, 9.17) is 9.47 Å². The molecule has 11 heteroatoms. The first-order valence-electron chi connectivity index (χ1n) is 15.2. The van der Waals surface area contributed by atoms with Gasteiger partial charge in [-0.15, -0.1) is 0 Å². The van der Waals surface area contributed by atoms with E-state index in [2.05, 4.69) is 15.7 Å². The van der Waals surface area contributed by atoms with Gasteiger partial charge in [-0.2, -0.15) is 18.3 Å². The second-order valence-corrected chi connectivity index (χ2v) is 12.3. The topological polar surface area (TPSA) is 94.5 Å². The van der Waals surface area contributed by atoms with Gasteiger partial charge in [-0.1, -0.05) is 67.4 Å². The quantitative estimate of drug-likeness (QED) is 0.174. The van der Waals surface area contributed by atoms with Crippen LogP contribution in [-0.2, 0) is 22.2 Å². The normalized spacial score (nSPS) is 14.0. The molecule has 1 aliphatic rings. The number of nitrogens with zero attached hydrogens (tertiary/aromatic N) is 2. The van der Waals surface area contributed by atoms with Crippen molar-refractivity contribution in [2.75, 3.05) is 11.9 Å². The van der Waals surface area contributed by atoms with Gasteiger partial charge in [0.1, 0.15) is 17.4 Å². The summed E-state index contributed by atoms with van der Waals surface area (Å²) in [6.07, 6.45) is -2.38. The Morgan fingerprint density at radius 3 is 2.35 bits per heavy atom. The lowest BCUT2D eigenvalue weighted by atomic mass is 10.0. The fraction of sp³-hybridized carbons (Fsp3) is 0.343. The first-order valence-corrected chi connectivity index (χ1v) is 15.2. The van der Waals surface area contributed by atoms with Crippen LogP contribution in [0.3, 0.4) is 0 Å². The molecule has 0 saturated heterocycles. The predicted octanol–water partition coefficient (Wildman–Crippen LogP) is 8.07. The van der Waals surface area contributed by atoms with Crippen LogP contribution >= 0.6 is 0 Å². The molecule has 242 valence electrons. The van der Waals surface area contributed by atoms with Gasteiger partial charge in [-0.3, -0.25) is 4.79 Å². The molecule has 0 radical (unpaired) electrons. The average Bonchev–Trinajstić information content (AvgIpc) is 3.71. The Morgan fingerprint density at radius 2 is 1.65 bits per heavy atom. The Bertz CT molecular complexity index is 1660. The summed E-state index contributed by atoms with van der Waals surface area (Å²) >= 11 is 0. The molecule has 1 heterocycles. The van der Waals surface area contributed by atoms with E-state index in [0.717, 1.165) is 28.3 Å². The lowest BCUT2D eigenvalue weighted by Crippen LogP contribution is -2.32. The van der Waals surface area contributed by atoms with Gasteiger partial charge in [-0.25, -0.2) is 9.48 Å². The van der Waals surface area contributed by atoms with Crippen molar-refractivity contribution in [2.24, 2.45) is 5.92 Å². The number of nitrogens with one attached hydrogen (secondary N) is 2. The number of carbonyl (C=O) groups excluding carboxylic acids is 2. The van der Waals surface area contributed by atoms with Gasteiger partial charge in [-0.05, 0) is 74.1 Å². The molecule has 2 N–H and O–H groups in total. The highest BCUT2D eigenvalue weighted by molar-refractivity contribution is 6.03. The Morgan fingerprint density at radius 1 is 0.935 bits per heavy atom. The van der Waals surface area contributed by atoms with Crippen LogP contribution in [0.1, 0.15) is 79.0 Å². The first-order chi connectivity index (χ1) is 21.9. The molecular formula is C35H37F3N4O4. The summed E-state index contributed by atoms with van der Waals surface area (Å²) in [4.78, 5) is 25.7. The van der Waals surface area contributed by atoms with E-state index in [-0.39, 0.29) is 24.0 Å². The predicted molar refractivity (Wildman–Crippen MR) is 168 cm³/mol. The number of aromatic nitrogens is 2. The zero-order valence-electron chi connectivity index (χ0n) is 25.9. The Hall–Kier alpha value is -4.64. The van der Waals surface area contributed by atoms with Crippen LogP contribution in [0.2, 0.25) is 0 Å². The molecule has 0 spiro atoms. The van der Waals surface area contributed by atoms with E-state index in [1.165, 1.54) is 18.9 Å². The number of anilines is 1. The highest BCUT2D eigenvalue weighted by atomic mass is 19.4. The number of carbonyl (C=O) groups is 2. The van der Waals surface area contributed by atoms with Crippen LogP contribution in [-0.4, -0.2) is 34.0 Å². The van der Waals surface area contributed by atoms with Gasteiger partial charge >= 0.3 is 12.3 Å². The molecular weight excluding hydrogens is 597 g/mol. The molecule has 5 rings (SSSR count). The molecule has 8 nitrogen and oxygen atoms in total. The number of hydrogen-bond donors (Lipinski definition) is 2. The minimum Gasteiger partial charge on any atom is -0.444 e.